The second-order valence-corrected chi connectivity index (χ2v) is 6.06. The molecule has 0 radical (unpaired) electrons. The van der Waals surface area contributed by atoms with Gasteiger partial charge in [-0.05, 0) is 42.9 Å². The standard InChI is InChI=1S/C16H24N2/c1-13-5-4-8-18(11-13)12-16-9-14-6-2-3-7-15(14)10-17-16/h2-3,6-7,13,16-17H,4-5,8-12H2,1H3. The Kier molecular flexibility index (Phi) is 3.67. The Bertz CT molecular complexity index is 402. The molecule has 98 valence electrons. The van der Waals surface area contributed by atoms with Crippen LogP contribution >= 0.6 is 0 Å². The summed E-state index contributed by atoms with van der Waals surface area (Å²) in [4.78, 5) is 2.65. The van der Waals surface area contributed by atoms with E-state index in [1.807, 2.05) is 0 Å². The molecule has 2 heteroatoms. The van der Waals surface area contributed by atoms with Gasteiger partial charge in [0.1, 0.15) is 0 Å². The van der Waals surface area contributed by atoms with Crippen LogP contribution in [0.2, 0.25) is 0 Å². The summed E-state index contributed by atoms with van der Waals surface area (Å²) in [6, 6.07) is 9.51. The fourth-order valence-corrected chi connectivity index (χ4v) is 3.41. The van der Waals surface area contributed by atoms with Crippen molar-refractivity contribution in [1.82, 2.24) is 10.2 Å². The number of nitrogens with zero attached hydrogens (tertiary/aromatic N) is 1. The molecular weight excluding hydrogens is 220 g/mol. The molecule has 0 aliphatic carbocycles. The van der Waals surface area contributed by atoms with Crippen molar-refractivity contribution in [2.24, 2.45) is 5.92 Å². The number of piperidine rings is 1. The quantitative estimate of drug-likeness (QED) is 0.859. The minimum Gasteiger partial charge on any atom is -0.308 e. The number of benzene rings is 1. The number of hydrogen-bond acceptors (Lipinski definition) is 2. The van der Waals surface area contributed by atoms with Gasteiger partial charge >= 0.3 is 0 Å². The Morgan fingerprint density at radius 2 is 2.11 bits per heavy atom. The molecule has 2 nitrogen and oxygen atoms in total. The van der Waals surface area contributed by atoms with E-state index in [1.54, 1.807) is 5.56 Å². The fraction of sp³-hybridized carbons (Fsp3) is 0.625. The Balaban J connectivity index is 1.59. The summed E-state index contributed by atoms with van der Waals surface area (Å²) >= 11 is 0. The second-order valence-electron chi connectivity index (χ2n) is 6.06. The van der Waals surface area contributed by atoms with Crippen LogP contribution in [0.1, 0.15) is 30.9 Å². The highest BCUT2D eigenvalue weighted by Gasteiger charge is 2.22. The van der Waals surface area contributed by atoms with Gasteiger partial charge in [0.05, 0.1) is 0 Å². The first kappa shape index (κ1) is 12.2. The van der Waals surface area contributed by atoms with E-state index in [-0.39, 0.29) is 0 Å². The van der Waals surface area contributed by atoms with Gasteiger partial charge in [0, 0.05) is 25.7 Å². The molecule has 1 aromatic rings. The zero-order chi connectivity index (χ0) is 12.4. The van der Waals surface area contributed by atoms with Crippen LogP contribution in [-0.2, 0) is 13.0 Å². The molecule has 1 saturated heterocycles. The first-order valence-corrected chi connectivity index (χ1v) is 7.34. The van der Waals surface area contributed by atoms with Crippen molar-refractivity contribution < 1.29 is 0 Å². The van der Waals surface area contributed by atoms with Gasteiger partial charge in [-0.3, -0.25) is 0 Å². The Morgan fingerprint density at radius 3 is 2.94 bits per heavy atom. The zero-order valence-corrected chi connectivity index (χ0v) is 11.4. The lowest BCUT2D eigenvalue weighted by molar-refractivity contribution is 0.164. The van der Waals surface area contributed by atoms with Gasteiger partial charge in [-0.15, -0.1) is 0 Å². The molecule has 2 unspecified atom stereocenters. The molecule has 0 bridgehead atoms. The number of rotatable bonds is 2. The van der Waals surface area contributed by atoms with Gasteiger partial charge in [-0.1, -0.05) is 31.2 Å². The van der Waals surface area contributed by atoms with Crippen LogP contribution in [0.15, 0.2) is 24.3 Å². The maximum Gasteiger partial charge on any atom is 0.0238 e. The molecule has 2 atom stereocenters. The van der Waals surface area contributed by atoms with Crippen LogP contribution in [0.5, 0.6) is 0 Å². The first-order valence-electron chi connectivity index (χ1n) is 7.34. The predicted octanol–water partition coefficient (Wildman–Crippen LogP) is 2.43. The average Bonchev–Trinajstić information content (AvgIpc) is 2.39. The Hall–Kier alpha value is -0.860. The van der Waals surface area contributed by atoms with Gasteiger partial charge in [0.25, 0.3) is 0 Å². The van der Waals surface area contributed by atoms with E-state index in [0.717, 1.165) is 12.5 Å². The van der Waals surface area contributed by atoms with E-state index in [4.69, 9.17) is 0 Å². The highest BCUT2D eigenvalue weighted by Crippen LogP contribution is 2.19. The molecule has 0 aromatic heterocycles. The summed E-state index contributed by atoms with van der Waals surface area (Å²) in [5.74, 6) is 0.884. The maximum atomic E-state index is 3.70. The molecule has 1 N–H and O–H groups in total. The third-order valence-corrected chi connectivity index (χ3v) is 4.39. The predicted molar refractivity (Wildman–Crippen MR) is 75.6 cm³/mol. The second kappa shape index (κ2) is 5.41. The topological polar surface area (TPSA) is 15.3 Å². The van der Waals surface area contributed by atoms with Gasteiger partial charge in [0.15, 0.2) is 0 Å². The molecule has 2 aliphatic rings. The molecule has 18 heavy (non-hydrogen) atoms. The fourth-order valence-electron chi connectivity index (χ4n) is 3.41. The number of fused-ring (bicyclic) bond motifs is 1. The van der Waals surface area contributed by atoms with Crippen LogP contribution in [0.4, 0.5) is 0 Å². The van der Waals surface area contributed by atoms with E-state index in [2.05, 4.69) is 41.4 Å². The van der Waals surface area contributed by atoms with Crippen LogP contribution in [0, 0.1) is 5.92 Å². The van der Waals surface area contributed by atoms with E-state index >= 15 is 0 Å². The van der Waals surface area contributed by atoms with E-state index < -0.39 is 0 Å². The molecular formula is C16H24N2. The number of hydrogen-bond donors (Lipinski definition) is 1. The average molecular weight is 244 g/mol. The molecule has 1 aromatic carbocycles. The lowest BCUT2D eigenvalue weighted by Gasteiger charge is -2.35. The van der Waals surface area contributed by atoms with E-state index in [9.17, 15) is 0 Å². The summed E-state index contributed by atoms with van der Waals surface area (Å²) in [6.45, 7) is 7.24. The van der Waals surface area contributed by atoms with Crippen LogP contribution in [0.3, 0.4) is 0 Å². The van der Waals surface area contributed by atoms with Crippen molar-refractivity contribution in [3.8, 4) is 0 Å². The van der Waals surface area contributed by atoms with Crippen LogP contribution in [-0.4, -0.2) is 30.6 Å². The van der Waals surface area contributed by atoms with Crippen molar-refractivity contribution in [1.29, 1.82) is 0 Å². The van der Waals surface area contributed by atoms with E-state index in [0.29, 0.717) is 6.04 Å². The molecule has 1 fully saturated rings. The van der Waals surface area contributed by atoms with Crippen molar-refractivity contribution >= 4 is 0 Å². The zero-order valence-electron chi connectivity index (χ0n) is 11.4. The van der Waals surface area contributed by atoms with Gasteiger partial charge < -0.3 is 10.2 Å². The highest BCUT2D eigenvalue weighted by atomic mass is 15.2. The van der Waals surface area contributed by atoms with Crippen molar-refractivity contribution in [2.45, 2.75) is 38.8 Å². The third kappa shape index (κ3) is 2.76. The molecule has 0 saturated carbocycles. The Labute approximate surface area is 110 Å². The molecule has 2 aliphatic heterocycles. The van der Waals surface area contributed by atoms with Crippen molar-refractivity contribution in [3.63, 3.8) is 0 Å². The van der Waals surface area contributed by atoms with Crippen molar-refractivity contribution in [2.75, 3.05) is 19.6 Å². The van der Waals surface area contributed by atoms with E-state index in [1.165, 1.54) is 44.5 Å². The SMILES string of the molecule is CC1CCCN(CC2Cc3ccccc3CN2)C1. The summed E-state index contributed by atoms with van der Waals surface area (Å²) in [5.41, 5.74) is 3.03. The highest BCUT2D eigenvalue weighted by molar-refractivity contribution is 5.29. The summed E-state index contributed by atoms with van der Waals surface area (Å²) in [7, 11) is 0. The first-order chi connectivity index (χ1) is 8.81. The maximum absolute atomic E-state index is 3.70. The van der Waals surface area contributed by atoms with Gasteiger partial charge in [0.2, 0.25) is 0 Å². The Morgan fingerprint density at radius 1 is 1.28 bits per heavy atom. The van der Waals surface area contributed by atoms with Gasteiger partial charge in [-0.2, -0.15) is 0 Å². The minimum atomic E-state index is 0.644. The summed E-state index contributed by atoms with van der Waals surface area (Å²) in [5, 5.41) is 3.70. The minimum absolute atomic E-state index is 0.644. The number of nitrogens with one attached hydrogen (secondary N) is 1. The normalized spacial score (nSPS) is 28.9. The third-order valence-electron chi connectivity index (χ3n) is 4.39. The smallest absolute Gasteiger partial charge is 0.0238 e. The van der Waals surface area contributed by atoms with Crippen molar-refractivity contribution in [3.05, 3.63) is 35.4 Å². The monoisotopic (exact) mass is 244 g/mol. The van der Waals surface area contributed by atoms with Crippen LogP contribution in [0.25, 0.3) is 0 Å². The summed E-state index contributed by atoms with van der Waals surface area (Å²) < 4.78 is 0. The largest absolute Gasteiger partial charge is 0.308 e. The molecule has 3 rings (SSSR count). The lowest BCUT2D eigenvalue weighted by atomic mass is 9.94. The summed E-state index contributed by atoms with van der Waals surface area (Å²) in [6.07, 6.45) is 3.99. The molecule has 0 amide bonds. The molecule has 0 spiro atoms. The van der Waals surface area contributed by atoms with Gasteiger partial charge in [-0.25, -0.2) is 0 Å². The lowest BCUT2D eigenvalue weighted by Crippen LogP contribution is -2.47. The van der Waals surface area contributed by atoms with Crippen LogP contribution < -0.4 is 5.32 Å². The molecule has 2 heterocycles. The number of likely N-dealkylation sites (tertiary alicyclic amines) is 1.